The fourth-order valence-electron chi connectivity index (χ4n) is 2.03. The van der Waals surface area contributed by atoms with Crippen molar-refractivity contribution in [1.29, 1.82) is 0 Å². The molecule has 1 saturated heterocycles. The van der Waals surface area contributed by atoms with Crippen molar-refractivity contribution < 1.29 is 19.0 Å². The number of nitrogens with two attached hydrogens (primary N) is 1. The van der Waals surface area contributed by atoms with Gasteiger partial charge < -0.3 is 20.5 Å². The molecule has 0 aliphatic carbocycles. The summed E-state index contributed by atoms with van der Waals surface area (Å²) in [5.41, 5.74) is 5.70. The van der Waals surface area contributed by atoms with E-state index in [-0.39, 0.29) is 23.5 Å². The van der Waals surface area contributed by atoms with Gasteiger partial charge in [0, 0.05) is 25.2 Å². The molecule has 19 heavy (non-hydrogen) atoms. The Morgan fingerprint density at radius 3 is 3.00 bits per heavy atom. The van der Waals surface area contributed by atoms with Crippen molar-refractivity contribution in [2.75, 3.05) is 19.7 Å². The molecule has 0 bridgehead atoms. The number of hydrogen-bond donors (Lipinski definition) is 2. The largest absolute Gasteiger partial charge is 0.508 e. The molecule has 1 aliphatic heterocycles. The molecular formula is C13H17FN2O3. The highest BCUT2D eigenvalue weighted by atomic mass is 19.1. The van der Waals surface area contributed by atoms with E-state index in [0.717, 1.165) is 6.07 Å². The molecule has 1 aliphatic rings. The summed E-state index contributed by atoms with van der Waals surface area (Å²) in [5.74, 6) is -1.34. The number of ether oxygens (including phenoxy) is 1. The van der Waals surface area contributed by atoms with Crippen molar-refractivity contribution >= 4 is 5.91 Å². The third-order valence-electron chi connectivity index (χ3n) is 3.15. The van der Waals surface area contributed by atoms with Crippen LogP contribution in [0.1, 0.15) is 17.3 Å². The first-order valence-electron chi connectivity index (χ1n) is 6.14. The molecule has 2 rings (SSSR count). The van der Waals surface area contributed by atoms with E-state index in [0.29, 0.717) is 19.7 Å². The highest BCUT2D eigenvalue weighted by Gasteiger charge is 2.28. The molecule has 1 heterocycles. The van der Waals surface area contributed by atoms with Crippen LogP contribution in [0.4, 0.5) is 4.39 Å². The molecule has 5 nitrogen and oxygen atoms in total. The maximum absolute atomic E-state index is 13.6. The number of aromatic hydroxyl groups is 1. The zero-order valence-electron chi connectivity index (χ0n) is 10.7. The third kappa shape index (κ3) is 3.02. The van der Waals surface area contributed by atoms with Crippen molar-refractivity contribution in [3.8, 4) is 5.75 Å². The summed E-state index contributed by atoms with van der Waals surface area (Å²) >= 11 is 0. The molecule has 1 fully saturated rings. The Morgan fingerprint density at radius 2 is 2.37 bits per heavy atom. The van der Waals surface area contributed by atoms with Gasteiger partial charge in [-0.05, 0) is 19.1 Å². The van der Waals surface area contributed by atoms with Crippen molar-refractivity contribution in [2.45, 2.75) is 19.1 Å². The van der Waals surface area contributed by atoms with E-state index < -0.39 is 11.7 Å². The van der Waals surface area contributed by atoms with Crippen LogP contribution in [0.25, 0.3) is 0 Å². The Balaban J connectivity index is 2.15. The molecule has 6 heteroatoms. The number of morpholine rings is 1. The molecule has 2 unspecified atom stereocenters. The average Bonchev–Trinajstić information content (AvgIpc) is 2.38. The minimum absolute atomic E-state index is 0.0527. The van der Waals surface area contributed by atoms with Crippen LogP contribution in [0.15, 0.2) is 18.2 Å². The third-order valence-corrected chi connectivity index (χ3v) is 3.15. The van der Waals surface area contributed by atoms with Crippen LogP contribution < -0.4 is 5.73 Å². The molecular weight excluding hydrogens is 251 g/mol. The predicted molar refractivity (Wildman–Crippen MR) is 67.4 cm³/mol. The number of carbonyl (C=O) groups excluding carboxylic acids is 1. The number of nitrogens with zero attached hydrogens (tertiary/aromatic N) is 1. The lowest BCUT2D eigenvalue weighted by Gasteiger charge is -2.34. The first-order chi connectivity index (χ1) is 8.99. The van der Waals surface area contributed by atoms with Gasteiger partial charge in [0.25, 0.3) is 5.91 Å². The van der Waals surface area contributed by atoms with Crippen LogP contribution in [0, 0.1) is 5.82 Å². The number of rotatable bonds is 2. The fourth-order valence-corrected chi connectivity index (χ4v) is 2.03. The van der Waals surface area contributed by atoms with Gasteiger partial charge >= 0.3 is 0 Å². The SMILES string of the molecule is CC(N)C1CN(C(=O)c2ccc(O)cc2F)CCO1. The number of carbonyl (C=O) groups is 1. The number of benzene rings is 1. The lowest BCUT2D eigenvalue weighted by Crippen LogP contribution is -2.51. The molecule has 1 aromatic rings. The van der Waals surface area contributed by atoms with Crippen LogP contribution in [0.5, 0.6) is 5.75 Å². The van der Waals surface area contributed by atoms with Gasteiger partial charge in [-0.25, -0.2) is 4.39 Å². The van der Waals surface area contributed by atoms with E-state index in [4.69, 9.17) is 15.6 Å². The smallest absolute Gasteiger partial charge is 0.257 e. The number of phenolic OH excluding ortho intramolecular Hbond substituents is 1. The number of phenols is 1. The molecule has 0 aromatic heterocycles. The Labute approximate surface area is 110 Å². The Kier molecular flexibility index (Phi) is 4.01. The summed E-state index contributed by atoms with van der Waals surface area (Å²) in [7, 11) is 0. The monoisotopic (exact) mass is 268 g/mol. The van der Waals surface area contributed by atoms with Gasteiger partial charge in [0.05, 0.1) is 18.3 Å². The molecule has 0 spiro atoms. The number of hydrogen-bond acceptors (Lipinski definition) is 4. The maximum Gasteiger partial charge on any atom is 0.257 e. The summed E-state index contributed by atoms with van der Waals surface area (Å²) in [5, 5.41) is 9.14. The van der Waals surface area contributed by atoms with Crippen molar-refractivity contribution in [1.82, 2.24) is 4.90 Å². The topological polar surface area (TPSA) is 75.8 Å². The van der Waals surface area contributed by atoms with Gasteiger partial charge in [-0.15, -0.1) is 0 Å². The van der Waals surface area contributed by atoms with E-state index in [1.54, 1.807) is 6.92 Å². The minimum atomic E-state index is -0.728. The molecule has 0 radical (unpaired) electrons. The minimum Gasteiger partial charge on any atom is -0.508 e. The first-order valence-corrected chi connectivity index (χ1v) is 6.14. The second-order valence-electron chi connectivity index (χ2n) is 4.68. The summed E-state index contributed by atoms with van der Waals surface area (Å²) in [6.07, 6.45) is -0.238. The summed E-state index contributed by atoms with van der Waals surface area (Å²) in [4.78, 5) is 13.7. The molecule has 2 atom stereocenters. The van der Waals surface area contributed by atoms with Crippen LogP contribution in [-0.4, -0.2) is 47.8 Å². The second kappa shape index (κ2) is 5.54. The van der Waals surface area contributed by atoms with Gasteiger partial charge in [-0.2, -0.15) is 0 Å². The normalized spacial score (nSPS) is 21.2. The van der Waals surface area contributed by atoms with E-state index >= 15 is 0 Å². The highest BCUT2D eigenvalue weighted by Crippen LogP contribution is 2.18. The zero-order chi connectivity index (χ0) is 14.0. The standard InChI is InChI=1S/C13H17FN2O3/c1-8(15)12-7-16(4-5-19-12)13(18)10-3-2-9(17)6-11(10)14/h2-3,6,8,12,17H,4-5,7,15H2,1H3. The van der Waals surface area contributed by atoms with E-state index in [1.165, 1.54) is 17.0 Å². The van der Waals surface area contributed by atoms with Crippen LogP contribution >= 0.6 is 0 Å². The Bertz CT molecular complexity index is 479. The van der Waals surface area contributed by atoms with Crippen molar-refractivity contribution in [3.05, 3.63) is 29.6 Å². The van der Waals surface area contributed by atoms with Gasteiger partial charge in [-0.3, -0.25) is 4.79 Å². The zero-order valence-corrected chi connectivity index (χ0v) is 10.7. The molecule has 0 saturated carbocycles. The van der Waals surface area contributed by atoms with E-state index in [9.17, 15) is 9.18 Å². The van der Waals surface area contributed by atoms with Gasteiger partial charge in [-0.1, -0.05) is 0 Å². The Hall–Kier alpha value is -1.66. The van der Waals surface area contributed by atoms with Gasteiger partial charge in [0.15, 0.2) is 0 Å². The fraction of sp³-hybridized carbons (Fsp3) is 0.462. The molecule has 1 aromatic carbocycles. The van der Waals surface area contributed by atoms with Gasteiger partial charge in [0.1, 0.15) is 11.6 Å². The summed E-state index contributed by atoms with van der Waals surface area (Å²) in [6, 6.07) is 3.31. The lowest BCUT2D eigenvalue weighted by molar-refractivity contribution is -0.0301. The molecule has 1 amide bonds. The van der Waals surface area contributed by atoms with E-state index in [1.807, 2.05) is 0 Å². The van der Waals surface area contributed by atoms with Crippen molar-refractivity contribution in [3.63, 3.8) is 0 Å². The van der Waals surface area contributed by atoms with E-state index in [2.05, 4.69) is 0 Å². The quantitative estimate of drug-likeness (QED) is 0.828. The maximum atomic E-state index is 13.6. The van der Waals surface area contributed by atoms with Crippen molar-refractivity contribution in [2.24, 2.45) is 5.73 Å². The van der Waals surface area contributed by atoms with Crippen LogP contribution in [0.2, 0.25) is 0 Å². The van der Waals surface area contributed by atoms with Gasteiger partial charge in [0.2, 0.25) is 0 Å². The molecule has 3 N–H and O–H groups in total. The molecule has 104 valence electrons. The first kappa shape index (κ1) is 13.8. The second-order valence-corrected chi connectivity index (χ2v) is 4.68. The average molecular weight is 268 g/mol. The van der Waals surface area contributed by atoms with Crippen LogP contribution in [-0.2, 0) is 4.74 Å². The summed E-state index contributed by atoms with van der Waals surface area (Å²) < 4.78 is 19.1. The Morgan fingerprint density at radius 1 is 1.63 bits per heavy atom. The number of halogens is 1. The predicted octanol–water partition coefficient (Wildman–Crippen LogP) is 0.719. The lowest BCUT2D eigenvalue weighted by atomic mass is 10.1. The summed E-state index contributed by atoms with van der Waals surface area (Å²) in [6.45, 7) is 2.94. The van der Waals surface area contributed by atoms with Crippen LogP contribution in [0.3, 0.4) is 0 Å². The highest BCUT2D eigenvalue weighted by molar-refractivity contribution is 5.94. The number of amides is 1.